The first-order valence-corrected chi connectivity index (χ1v) is 11.8. The molecule has 8 nitrogen and oxygen atoms in total. The number of hydrogen-bond acceptors (Lipinski definition) is 6. The molecule has 0 fully saturated rings. The maximum absolute atomic E-state index is 4.16. The molecule has 2 heterocycles. The first kappa shape index (κ1) is 23.0. The van der Waals surface area contributed by atoms with Crippen LogP contribution in [0.2, 0.25) is 0 Å². The number of nitrogens with zero attached hydrogens (tertiary/aromatic N) is 6. The molecule has 0 atom stereocenters. The van der Waals surface area contributed by atoms with Gasteiger partial charge in [-0.05, 0) is 73.5 Å². The van der Waals surface area contributed by atoms with E-state index in [1.165, 1.54) is 11.1 Å². The molecule has 0 aliphatic carbocycles. The first-order valence-electron chi connectivity index (χ1n) is 11.8. The predicted octanol–water partition coefficient (Wildman–Crippen LogP) is 5.62. The van der Waals surface area contributed by atoms with Crippen molar-refractivity contribution in [1.29, 1.82) is 0 Å². The van der Waals surface area contributed by atoms with E-state index in [0.29, 0.717) is 13.3 Å². The van der Waals surface area contributed by atoms with E-state index in [0.717, 1.165) is 33.4 Å². The molecule has 2 N–H and O–H groups in total. The van der Waals surface area contributed by atoms with Crippen molar-refractivity contribution < 1.29 is 0 Å². The van der Waals surface area contributed by atoms with Crippen LogP contribution in [-0.4, -0.2) is 30.0 Å². The van der Waals surface area contributed by atoms with Crippen molar-refractivity contribution in [2.75, 3.05) is 10.6 Å². The molecule has 0 aliphatic heterocycles. The minimum Gasteiger partial charge on any atom is -0.366 e. The molecule has 0 saturated carbocycles. The van der Waals surface area contributed by atoms with Crippen LogP contribution in [0.25, 0.3) is 22.1 Å². The van der Waals surface area contributed by atoms with Crippen LogP contribution in [-0.2, 0) is 13.3 Å². The highest BCUT2D eigenvalue weighted by atomic mass is 15.5. The lowest BCUT2D eigenvalue weighted by Gasteiger charge is -2.06. The average molecular weight is 477 g/mol. The molecule has 0 bridgehead atoms. The Labute approximate surface area is 209 Å². The second kappa shape index (κ2) is 10.7. The van der Waals surface area contributed by atoms with Crippen LogP contribution < -0.4 is 10.6 Å². The summed E-state index contributed by atoms with van der Waals surface area (Å²) < 4.78 is 3.73. The number of nitrogens with one attached hydrogen (secondary N) is 2. The number of fused-ring (bicyclic) bond motifs is 2. The van der Waals surface area contributed by atoms with Gasteiger partial charge in [-0.25, -0.2) is 9.36 Å². The number of para-hydroxylation sites is 2. The number of benzene rings is 4. The van der Waals surface area contributed by atoms with Gasteiger partial charge in [-0.15, -0.1) is 10.2 Å². The van der Waals surface area contributed by atoms with Crippen molar-refractivity contribution in [2.24, 2.45) is 0 Å². The van der Waals surface area contributed by atoms with Gasteiger partial charge in [0.25, 0.3) is 0 Å². The van der Waals surface area contributed by atoms with Crippen molar-refractivity contribution in [2.45, 2.75) is 27.2 Å². The summed E-state index contributed by atoms with van der Waals surface area (Å²) in [6.45, 7) is 5.36. The van der Waals surface area contributed by atoms with Gasteiger partial charge in [-0.3, -0.25) is 0 Å². The molecule has 0 unspecified atom stereocenters. The maximum Gasteiger partial charge on any atom is 0.113 e. The lowest BCUT2D eigenvalue weighted by Crippen LogP contribution is -2.09. The van der Waals surface area contributed by atoms with Crippen LogP contribution in [0.15, 0.2) is 97.1 Å². The van der Waals surface area contributed by atoms with Crippen LogP contribution in [0.3, 0.4) is 0 Å². The summed E-state index contributed by atoms with van der Waals surface area (Å²) in [5.41, 5.74) is 8.53. The molecule has 6 aromatic rings. The van der Waals surface area contributed by atoms with Crippen molar-refractivity contribution in [3.05, 3.63) is 108 Å². The molecule has 8 heteroatoms. The summed E-state index contributed by atoms with van der Waals surface area (Å²) in [6.07, 6.45) is 0. The number of hydrogen-bond donors (Lipinski definition) is 2. The fraction of sp³-hybridized carbons (Fsp3) is 0.143. The molecule has 180 valence electrons. The van der Waals surface area contributed by atoms with Crippen LogP contribution >= 0.6 is 0 Å². The van der Waals surface area contributed by atoms with Gasteiger partial charge in [-0.2, -0.15) is 0 Å². The lowest BCUT2D eigenvalue weighted by atomic mass is 10.2. The Bertz CT molecular complexity index is 1550. The van der Waals surface area contributed by atoms with Gasteiger partial charge in [0.2, 0.25) is 0 Å². The molecule has 6 rings (SSSR count). The molecule has 0 radical (unpaired) electrons. The highest BCUT2D eigenvalue weighted by Crippen LogP contribution is 2.15. The Morgan fingerprint density at radius 2 is 1.08 bits per heavy atom. The Balaban J connectivity index is 0.000000148. The summed E-state index contributed by atoms with van der Waals surface area (Å²) >= 11 is 0. The van der Waals surface area contributed by atoms with Crippen molar-refractivity contribution >= 4 is 33.4 Å². The van der Waals surface area contributed by atoms with Crippen LogP contribution in [0.5, 0.6) is 0 Å². The smallest absolute Gasteiger partial charge is 0.113 e. The van der Waals surface area contributed by atoms with Crippen molar-refractivity contribution in [1.82, 2.24) is 30.0 Å². The predicted molar refractivity (Wildman–Crippen MR) is 145 cm³/mol. The molecule has 0 amide bonds. The van der Waals surface area contributed by atoms with E-state index in [9.17, 15) is 0 Å². The Morgan fingerprint density at radius 1 is 0.556 bits per heavy atom. The molecule has 2 aromatic heterocycles. The third-order valence-electron chi connectivity index (χ3n) is 5.75. The molecule has 36 heavy (non-hydrogen) atoms. The Hall–Kier alpha value is -4.72. The molecular formula is C28H28N8. The third kappa shape index (κ3) is 5.50. The number of rotatable bonds is 6. The number of aryl methyl sites for hydroxylation is 2. The fourth-order valence-corrected chi connectivity index (χ4v) is 3.84. The Kier molecular flexibility index (Phi) is 6.84. The second-order valence-corrected chi connectivity index (χ2v) is 8.56. The highest BCUT2D eigenvalue weighted by molar-refractivity contribution is 5.75. The zero-order valence-electron chi connectivity index (χ0n) is 20.3. The summed E-state index contributed by atoms with van der Waals surface area (Å²) in [6, 6.07) is 32.5. The maximum atomic E-state index is 4.16. The van der Waals surface area contributed by atoms with Gasteiger partial charge in [0.15, 0.2) is 0 Å². The first-order chi connectivity index (χ1) is 17.7. The van der Waals surface area contributed by atoms with E-state index in [1.807, 2.05) is 88.2 Å². The zero-order valence-corrected chi connectivity index (χ0v) is 20.3. The van der Waals surface area contributed by atoms with E-state index in [1.54, 1.807) is 0 Å². The monoisotopic (exact) mass is 476 g/mol. The van der Waals surface area contributed by atoms with Crippen molar-refractivity contribution in [3.63, 3.8) is 0 Å². The largest absolute Gasteiger partial charge is 0.366 e. The molecule has 4 aromatic carbocycles. The topological polar surface area (TPSA) is 85.5 Å². The van der Waals surface area contributed by atoms with E-state index < -0.39 is 0 Å². The fourth-order valence-electron chi connectivity index (χ4n) is 3.84. The van der Waals surface area contributed by atoms with Crippen LogP contribution in [0, 0.1) is 13.8 Å². The quantitative estimate of drug-likeness (QED) is 0.325. The van der Waals surface area contributed by atoms with Crippen molar-refractivity contribution in [3.8, 4) is 0 Å². The zero-order chi connectivity index (χ0) is 24.7. The molecule has 0 spiro atoms. The SMILES string of the molecule is Cc1ccc2c(c1)nnn2CNc1ccccc1.Cc1ccc2nnn(CNc3ccccc3)c2c1. The van der Waals surface area contributed by atoms with E-state index >= 15 is 0 Å². The van der Waals surface area contributed by atoms with Gasteiger partial charge in [-0.1, -0.05) is 59.0 Å². The second-order valence-electron chi connectivity index (χ2n) is 8.56. The van der Waals surface area contributed by atoms with Gasteiger partial charge in [0, 0.05) is 11.4 Å². The van der Waals surface area contributed by atoms with E-state index in [2.05, 4.69) is 63.3 Å². The Morgan fingerprint density at radius 3 is 1.72 bits per heavy atom. The van der Waals surface area contributed by atoms with Gasteiger partial charge in [0.05, 0.1) is 11.0 Å². The number of aromatic nitrogens is 6. The normalized spacial score (nSPS) is 10.7. The number of anilines is 2. The highest BCUT2D eigenvalue weighted by Gasteiger charge is 2.04. The van der Waals surface area contributed by atoms with Crippen LogP contribution in [0.1, 0.15) is 11.1 Å². The minimum atomic E-state index is 0.615. The summed E-state index contributed by atoms with van der Waals surface area (Å²) in [4.78, 5) is 0. The standard InChI is InChI=1S/2C14H14N4/c1-11-7-8-14-13(9-11)16-17-18(14)10-15-12-5-3-2-4-6-12;1-11-7-8-13-14(9-11)18(17-16-13)10-15-12-5-3-2-4-6-12/h2*2-9,15H,10H2,1H3. The summed E-state index contributed by atoms with van der Waals surface area (Å²) in [5.74, 6) is 0. The van der Waals surface area contributed by atoms with E-state index in [4.69, 9.17) is 0 Å². The minimum absolute atomic E-state index is 0.615. The molecule has 0 saturated heterocycles. The molecular weight excluding hydrogens is 448 g/mol. The summed E-state index contributed by atoms with van der Waals surface area (Å²) in [5, 5.41) is 23.3. The van der Waals surface area contributed by atoms with Gasteiger partial charge in [0.1, 0.15) is 24.4 Å². The molecule has 0 aliphatic rings. The lowest BCUT2D eigenvalue weighted by molar-refractivity contribution is 0.655. The average Bonchev–Trinajstić information content (AvgIpc) is 3.51. The summed E-state index contributed by atoms with van der Waals surface area (Å²) in [7, 11) is 0. The van der Waals surface area contributed by atoms with E-state index in [-0.39, 0.29) is 0 Å². The van der Waals surface area contributed by atoms with Gasteiger partial charge >= 0.3 is 0 Å². The van der Waals surface area contributed by atoms with Gasteiger partial charge < -0.3 is 10.6 Å². The third-order valence-corrected chi connectivity index (χ3v) is 5.75. The van der Waals surface area contributed by atoms with Crippen LogP contribution in [0.4, 0.5) is 11.4 Å².